The van der Waals surface area contributed by atoms with Gasteiger partial charge in [0.1, 0.15) is 6.23 Å². The molecule has 0 radical (unpaired) electrons. The minimum atomic E-state index is -4.94. The maximum absolute atomic E-state index is 12.0. The molecule has 1 aromatic rings. The standard InChI is InChI=1S/C14H15F3N4O4/c15-14(16,17)13(24)19-7-1-2-11(20-21-18)25-8-9-3-5-10(6-4-9)12(22)23/h3-6,11H,1-2,7-8H2,(H,19,24)(H,22,23). The van der Waals surface area contributed by atoms with E-state index in [4.69, 9.17) is 15.4 Å². The van der Waals surface area contributed by atoms with Gasteiger partial charge >= 0.3 is 18.1 Å². The van der Waals surface area contributed by atoms with E-state index >= 15 is 0 Å². The highest BCUT2D eigenvalue weighted by Crippen LogP contribution is 2.14. The highest BCUT2D eigenvalue weighted by atomic mass is 19.4. The number of amides is 1. The van der Waals surface area contributed by atoms with Crippen LogP contribution in [-0.2, 0) is 16.1 Å². The number of hydrogen-bond donors (Lipinski definition) is 2. The SMILES string of the molecule is [N-]=[N+]=NC(CCCNC(=O)C(F)(F)F)OCc1ccc(C(=O)O)cc1. The predicted molar refractivity (Wildman–Crippen MR) is 79.4 cm³/mol. The van der Waals surface area contributed by atoms with Crippen LogP contribution in [0.4, 0.5) is 13.2 Å². The number of nitrogens with one attached hydrogen (secondary N) is 1. The van der Waals surface area contributed by atoms with Gasteiger partial charge in [0.2, 0.25) is 0 Å². The van der Waals surface area contributed by atoms with Crippen molar-refractivity contribution in [3.05, 3.63) is 45.8 Å². The van der Waals surface area contributed by atoms with E-state index in [0.29, 0.717) is 5.56 Å². The van der Waals surface area contributed by atoms with Gasteiger partial charge in [-0.2, -0.15) is 13.2 Å². The second-order valence-corrected chi connectivity index (χ2v) is 4.87. The zero-order chi connectivity index (χ0) is 18.9. The third-order valence-corrected chi connectivity index (χ3v) is 2.99. The van der Waals surface area contributed by atoms with Gasteiger partial charge in [-0.1, -0.05) is 17.2 Å². The molecule has 11 heteroatoms. The normalized spacial score (nSPS) is 12.1. The molecule has 0 aliphatic heterocycles. The molecule has 136 valence electrons. The average Bonchev–Trinajstić information content (AvgIpc) is 2.55. The van der Waals surface area contributed by atoms with Crippen LogP contribution in [0.2, 0.25) is 0 Å². The maximum atomic E-state index is 12.0. The van der Waals surface area contributed by atoms with Crippen molar-refractivity contribution in [3.8, 4) is 0 Å². The van der Waals surface area contributed by atoms with Crippen molar-refractivity contribution in [1.29, 1.82) is 0 Å². The molecule has 0 spiro atoms. The Kier molecular flexibility index (Phi) is 7.70. The van der Waals surface area contributed by atoms with Crippen LogP contribution in [0.1, 0.15) is 28.8 Å². The zero-order valence-electron chi connectivity index (χ0n) is 12.9. The van der Waals surface area contributed by atoms with Crippen molar-refractivity contribution in [2.24, 2.45) is 5.11 Å². The van der Waals surface area contributed by atoms with Crippen LogP contribution in [-0.4, -0.2) is 35.9 Å². The van der Waals surface area contributed by atoms with Crippen LogP contribution in [0.5, 0.6) is 0 Å². The number of ether oxygens (including phenoxy) is 1. The minimum absolute atomic E-state index is 0.0263. The summed E-state index contributed by atoms with van der Waals surface area (Å²) < 4.78 is 41.3. The van der Waals surface area contributed by atoms with E-state index in [2.05, 4.69) is 10.0 Å². The van der Waals surface area contributed by atoms with Gasteiger partial charge in [-0.3, -0.25) is 4.79 Å². The number of carboxylic acids is 1. The molecule has 0 fully saturated rings. The van der Waals surface area contributed by atoms with Gasteiger partial charge in [0.25, 0.3) is 0 Å². The van der Waals surface area contributed by atoms with E-state index in [-0.39, 0.29) is 31.6 Å². The molecule has 0 aliphatic carbocycles. The van der Waals surface area contributed by atoms with Gasteiger partial charge < -0.3 is 15.2 Å². The molecule has 25 heavy (non-hydrogen) atoms. The fraction of sp³-hybridized carbons (Fsp3) is 0.429. The molecular weight excluding hydrogens is 345 g/mol. The number of carbonyl (C=O) groups excluding carboxylic acids is 1. The van der Waals surface area contributed by atoms with Crippen LogP contribution in [0, 0.1) is 0 Å². The largest absolute Gasteiger partial charge is 0.478 e. The predicted octanol–water partition coefficient (Wildman–Crippen LogP) is 3.00. The minimum Gasteiger partial charge on any atom is -0.478 e. The second kappa shape index (κ2) is 9.50. The highest BCUT2D eigenvalue weighted by molar-refractivity contribution is 5.87. The summed E-state index contributed by atoms with van der Waals surface area (Å²) in [5.74, 6) is -3.10. The molecule has 1 atom stereocenters. The summed E-state index contributed by atoms with van der Waals surface area (Å²) in [6.07, 6.45) is -5.64. The van der Waals surface area contributed by atoms with E-state index in [9.17, 15) is 22.8 Å². The molecule has 1 unspecified atom stereocenters. The summed E-state index contributed by atoms with van der Waals surface area (Å²) in [6, 6.07) is 5.83. The molecular formula is C14H15F3N4O4. The average molecular weight is 360 g/mol. The van der Waals surface area contributed by atoms with Crippen molar-refractivity contribution in [2.45, 2.75) is 31.9 Å². The lowest BCUT2D eigenvalue weighted by Gasteiger charge is -2.13. The van der Waals surface area contributed by atoms with Crippen molar-refractivity contribution in [3.63, 3.8) is 0 Å². The van der Waals surface area contributed by atoms with Crippen molar-refractivity contribution in [2.75, 3.05) is 6.54 Å². The number of aromatic carboxylic acids is 1. The summed E-state index contributed by atoms with van der Waals surface area (Å²) in [6.45, 7) is -0.217. The third-order valence-electron chi connectivity index (χ3n) is 2.99. The molecule has 1 amide bonds. The number of hydrogen-bond acceptors (Lipinski definition) is 4. The quantitative estimate of drug-likeness (QED) is 0.304. The van der Waals surface area contributed by atoms with E-state index < -0.39 is 24.3 Å². The molecule has 0 aromatic heterocycles. The fourth-order valence-corrected chi connectivity index (χ4v) is 1.75. The Hall–Kier alpha value is -2.78. The summed E-state index contributed by atoms with van der Waals surface area (Å²) in [5.41, 5.74) is 9.22. The molecule has 0 aliphatic rings. The number of halogens is 3. The third kappa shape index (κ3) is 7.55. The van der Waals surface area contributed by atoms with E-state index in [1.54, 1.807) is 5.32 Å². The smallest absolute Gasteiger partial charge is 0.471 e. The van der Waals surface area contributed by atoms with E-state index in [1.807, 2.05) is 0 Å². The lowest BCUT2D eigenvalue weighted by Crippen LogP contribution is -2.37. The zero-order valence-corrected chi connectivity index (χ0v) is 12.9. The second-order valence-electron chi connectivity index (χ2n) is 4.87. The van der Waals surface area contributed by atoms with Gasteiger partial charge in [-0.05, 0) is 36.1 Å². The Morgan fingerprint density at radius 3 is 2.48 bits per heavy atom. The van der Waals surface area contributed by atoms with Crippen molar-refractivity contribution < 1.29 is 32.6 Å². The first-order valence-electron chi connectivity index (χ1n) is 7.07. The number of rotatable bonds is 9. The van der Waals surface area contributed by atoms with Gasteiger partial charge in [0.05, 0.1) is 12.2 Å². The number of carbonyl (C=O) groups is 2. The van der Waals surface area contributed by atoms with Crippen LogP contribution in [0.15, 0.2) is 29.4 Å². The highest BCUT2D eigenvalue weighted by Gasteiger charge is 2.38. The topological polar surface area (TPSA) is 124 Å². The Balaban J connectivity index is 2.43. The van der Waals surface area contributed by atoms with Crippen molar-refractivity contribution >= 4 is 11.9 Å². The van der Waals surface area contributed by atoms with Crippen LogP contribution >= 0.6 is 0 Å². The molecule has 8 nitrogen and oxygen atoms in total. The first-order chi connectivity index (χ1) is 11.7. The lowest BCUT2D eigenvalue weighted by molar-refractivity contribution is -0.173. The number of nitrogens with zero attached hydrogens (tertiary/aromatic N) is 3. The summed E-state index contributed by atoms with van der Waals surface area (Å²) >= 11 is 0. The Labute approximate surface area is 140 Å². The van der Waals surface area contributed by atoms with Crippen LogP contribution < -0.4 is 5.32 Å². The van der Waals surface area contributed by atoms with Gasteiger partial charge in [-0.25, -0.2) is 4.79 Å². The van der Waals surface area contributed by atoms with Gasteiger partial charge in [0.15, 0.2) is 0 Å². The maximum Gasteiger partial charge on any atom is 0.471 e. The lowest BCUT2D eigenvalue weighted by atomic mass is 10.1. The van der Waals surface area contributed by atoms with Crippen LogP contribution in [0.3, 0.4) is 0 Å². The summed E-state index contributed by atoms with van der Waals surface area (Å²) in [4.78, 5) is 24.0. The van der Waals surface area contributed by atoms with E-state index in [0.717, 1.165) is 0 Å². The van der Waals surface area contributed by atoms with Gasteiger partial charge in [-0.15, -0.1) is 0 Å². The number of alkyl halides is 3. The first-order valence-corrected chi connectivity index (χ1v) is 7.07. The number of azide groups is 1. The van der Waals surface area contributed by atoms with Gasteiger partial charge in [0, 0.05) is 11.5 Å². The van der Waals surface area contributed by atoms with E-state index in [1.165, 1.54) is 24.3 Å². The van der Waals surface area contributed by atoms with Crippen LogP contribution in [0.25, 0.3) is 10.4 Å². The first kappa shape index (κ1) is 20.3. The fourth-order valence-electron chi connectivity index (χ4n) is 1.75. The number of benzene rings is 1. The molecule has 0 saturated heterocycles. The summed E-state index contributed by atoms with van der Waals surface area (Å²) in [7, 11) is 0. The molecule has 0 saturated carbocycles. The molecule has 1 rings (SSSR count). The Bertz CT molecular complexity index is 642. The monoisotopic (exact) mass is 360 g/mol. The molecule has 1 aromatic carbocycles. The van der Waals surface area contributed by atoms with Crippen molar-refractivity contribution in [1.82, 2.24) is 5.32 Å². The molecule has 0 bridgehead atoms. The summed E-state index contributed by atoms with van der Waals surface area (Å²) in [5, 5.41) is 13.9. The Morgan fingerprint density at radius 2 is 1.96 bits per heavy atom. The Morgan fingerprint density at radius 1 is 1.32 bits per heavy atom. The number of carboxylic acid groups (broad SMARTS) is 1. The molecule has 2 N–H and O–H groups in total. The molecule has 0 heterocycles.